The molecule has 19 heavy (non-hydrogen) atoms. The van der Waals surface area contributed by atoms with E-state index in [0.29, 0.717) is 18.2 Å². The fraction of sp³-hybridized carbons (Fsp3) is 0.533. The van der Waals surface area contributed by atoms with Gasteiger partial charge in [-0.1, -0.05) is 32.0 Å². The molecule has 4 heteroatoms. The first-order valence-corrected chi connectivity index (χ1v) is 6.59. The molecular formula is C15H24FN3. The third-order valence-corrected chi connectivity index (χ3v) is 2.95. The minimum atomic E-state index is -0.306. The predicted molar refractivity (Wildman–Crippen MR) is 79.1 cm³/mol. The second kappa shape index (κ2) is 6.55. The predicted octanol–water partition coefficient (Wildman–Crippen LogP) is 2.68. The zero-order chi connectivity index (χ0) is 14.5. The van der Waals surface area contributed by atoms with Crippen molar-refractivity contribution in [3.05, 3.63) is 35.6 Å². The highest BCUT2D eigenvalue weighted by molar-refractivity contribution is 5.80. The summed E-state index contributed by atoms with van der Waals surface area (Å²) >= 11 is 0. The molecule has 0 aliphatic rings. The fourth-order valence-electron chi connectivity index (χ4n) is 1.88. The van der Waals surface area contributed by atoms with Gasteiger partial charge in [0.2, 0.25) is 0 Å². The molecule has 1 aromatic rings. The molecule has 0 radical (unpaired) electrons. The highest BCUT2D eigenvalue weighted by Gasteiger charge is 2.24. The largest absolute Gasteiger partial charge is 0.356 e. The number of nitrogens with zero attached hydrogens (tertiary/aromatic N) is 1. The van der Waals surface area contributed by atoms with Crippen molar-refractivity contribution in [3.63, 3.8) is 0 Å². The monoisotopic (exact) mass is 265 g/mol. The molecule has 0 spiro atoms. The van der Waals surface area contributed by atoms with Gasteiger partial charge in [-0.05, 0) is 25.5 Å². The maximum atomic E-state index is 13.8. The standard InChI is InChI=1S/C15H24FN3/c1-11(2)19-14(17-5)18-10-15(3,4)12-8-6-7-9-13(12)16/h6-9,11H,10H2,1-5H3,(H2,17,18,19). The first-order chi connectivity index (χ1) is 8.86. The molecule has 3 nitrogen and oxygen atoms in total. The lowest BCUT2D eigenvalue weighted by Crippen LogP contribution is -2.45. The molecule has 0 fully saturated rings. The molecule has 106 valence electrons. The highest BCUT2D eigenvalue weighted by atomic mass is 19.1. The van der Waals surface area contributed by atoms with Gasteiger partial charge in [0.25, 0.3) is 0 Å². The van der Waals surface area contributed by atoms with Crippen molar-refractivity contribution < 1.29 is 4.39 Å². The number of hydrogen-bond acceptors (Lipinski definition) is 1. The van der Waals surface area contributed by atoms with E-state index in [4.69, 9.17) is 0 Å². The fourth-order valence-corrected chi connectivity index (χ4v) is 1.88. The van der Waals surface area contributed by atoms with Crippen molar-refractivity contribution >= 4 is 5.96 Å². The third kappa shape index (κ3) is 4.54. The minimum absolute atomic E-state index is 0.166. The summed E-state index contributed by atoms with van der Waals surface area (Å²) in [5.74, 6) is 0.570. The third-order valence-electron chi connectivity index (χ3n) is 2.95. The summed E-state index contributed by atoms with van der Waals surface area (Å²) < 4.78 is 13.8. The Balaban J connectivity index is 2.73. The average molecular weight is 265 g/mol. The Morgan fingerprint density at radius 2 is 1.95 bits per heavy atom. The van der Waals surface area contributed by atoms with Crippen LogP contribution >= 0.6 is 0 Å². The maximum Gasteiger partial charge on any atom is 0.191 e. The first-order valence-electron chi connectivity index (χ1n) is 6.59. The van der Waals surface area contributed by atoms with Gasteiger partial charge in [0.1, 0.15) is 5.82 Å². The number of rotatable bonds is 4. The van der Waals surface area contributed by atoms with Crippen molar-refractivity contribution in [2.45, 2.75) is 39.2 Å². The quantitative estimate of drug-likeness (QED) is 0.648. The summed E-state index contributed by atoms with van der Waals surface area (Å²) in [6.45, 7) is 8.74. The molecule has 0 atom stereocenters. The van der Waals surface area contributed by atoms with Gasteiger partial charge in [-0.25, -0.2) is 4.39 Å². The number of guanidine groups is 1. The van der Waals surface area contributed by atoms with Crippen molar-refractivity contribution in [3.8, 4) is 0 Å². The van der Waals surface area contributed by atoms with E-state index in [2.05, 4.69) is 29.5 Å². The van der Waals surface area contributed by atoms with E-state index in [1.54, 1.807) is 13.1 Å². The van der Waals surface area contributed by atoms with E-state index in [0.717, 1.165) is 5.96 Å². The average Bonchev–Trinajstić information content (AvgIpc) is 2.34. The van der Waals surface area contributed by atoms with Gasteiger partial charge in [-0.3, -0.25) is 4.99 Å². The Bertz CT molecular complexity index is 439. The molecule has 1 aromatic carbocycles. The summed E-state index contributed by atoms with van der Waals surface area (Å²) in [4.78, 5) is 4.15. The van der Waals surface area contributed by atoms with Crippen molar-refractivity contribution in [1.82, 2.24) is 10.6 Å². The van der Waals surface area contributed by atoms with Crippen LogP contribution in [0.2, 0.25) is 0 Å². The van der Waals surface area contributed by atoms with Gasteiger partial charge >= 0.3 is 0 Å². The zero-order valence-electron chi connectivity index (χ0n) is 12.4. The van der Waals surface area contributed by atoms with Crippen LogP contribution in [-0.4, -0.2) is 25.6 Å². The molecule has 0 bridgehead atoms. The number of aliphatic imine (C=N–C) groups is 1. The summed E-state index contributed by atoms with van der Waals surface area (Å²) in [6, 6.07) is 7.21. The Morgan fingerprint density at radius 3 is 2.47 bits per heavy atom. The molecule has 0 aliphatic carbocycles. The SMILES string of the molecule is CN=C(NCC(C)(C)c1ccccc1F)NC(C)C. The molecule has 0 heterocycles. The lowest BCUT2D eigenvalue weighted by Gasteiger charge is -2.27. The first kappa shape index (κ1) is 15.5. The van der Waals surface area contributed by atoms with Gasteiger partial charge in [0, 0.05) is 25.0 Å². The van der Waals surface area contributed by atoms with Gasteiger partial charge in [-0.15, -0.1) is 0 Å². The van der Waals surface area contributed by atoms with Gasteiger partial charge < -0.3 is 10.6 Å². The summed E-state index contributed by atoms with van der Waals surface area (Å²) in [5, 5.41) is 6.45. The van der Waals surface area contributed by atoms with Crippen LogP contribution in [0.5, 0.6) is 0 Å². The Morgan fingerprint density at radius 1 is 1.32 bits per heavy atom. The van der Waals surface area contributed by atoms with Crippen molar-refractivity contribution in [1.29, 1.82) is 0 Å². The molecule has 1 rings (SSSR count). The van der Waals surface area contributed by atoms with Crippen molar-refractivity contribution in [2.24, 2.45) is 4.99 Å². The maximum absolute atomic E-state index is 13.8. The molecule has 0 unspecified atom stereocenters. The zero-order valence-corrected chi connectivity index (χ0v) is 12.4. The highest BCUT2D eigenvalue weighted by Crippen LogP contribution is 2.24. The van der Waals surface area contributed by atoms with Crippen LogP contribution < -0.4 is 10.6 Å². The summed E-state index contributed by atoms with van der Waals surface area (Å²) in [7, 11) is 1.73. The smallest absolute Gasteiger partial charge is 0.191 e. The van der Waals surface area contributed by atoms with Crippen LogP contribution in [0.15, 0.2) is 29.3 Å². The Kier molecular flexibility index (Phi) is 5.33. The Labute approximate surface area is 115 Å². The molecule has 2 N–H and O–H groups in total. The van der Waals surface area contributed by atoms with Gasteiger partial charge in [0.15, 0.2) is 5.96 Å². The van der Waals surface area contributed by atoms with Gasteiger partial charge in [0.05, 0.1) is 0 Å². The lowest BCUT2D eigenvalue weighted by molar-refractivity contribution is 0.472. The molecule has 0 saturated heterocycles. The van der Waals surface area contributed by atoms with E-state index in [1.165, 1.54) is 6.07 Å². The van der Waals surface area contributed by atoms with Crippen LogP contribution in [0.4, 0.5) is 4.39 Å². The van der Waals surface area contributed by atoms with E-state index in [9.17, 15) is 4.39 Å². The molecule has 0 amide bonds. The number of halogens is 1. The van der Waals surface area contributed by atoms with Crippen LogP contribution in [0.1, 0.15) is 33.3 Å². The van der Waals surface area contributed by atoms with Crippen LogP contribution in [0.25, 0.3) is 0 Å². The topological polar surface area (TPSA) is 36.4 Å². The summed E-state index contributed by atoms with van der Waals surface area (Å²) in [6.07, 6.45) is 0. The van der Waals surface area contributed by atoms with E-state index in [-0.39, 0.29) is 11.2 Å². The number of nitrogens with one attached hydrogen (secondary N) is 2. The van der Waals surface area contributed by atoms with E-state index in [1.807, 2.05) is 26.0 Å². The van der Waals surface area contributed by atoms with Gasteiger partial charge in [-0.2, -0.15) is 0 Å². The normalized spacial score (nSPS) is 12.7. The Hall–Kier alpha value is -1.58. The minimum Gasteiger partial charge on any atom is -0.356 e. The lowest BCUT2D eigenvalue weighted by atomic mass is 9.84. The van der Waals surface area contributed by atoms with Crippen LogP contribution in [0, 0.1) is 5.82 Å². The van der Waals surface area contributed by atoms with Crippen LogP contribution in [-0.2, 0) is 5.41 Å². The van der Waals surface area contributed by atoms with E-state index < -0.39 is 0 Å². The van der Waals surface area contributed by atoms with Crippen LogP contribution in [0.3, 0.4) is 0 Å². The number of benzene rings is 1. The molecule has 0 saturated carbocycles. The summed E-state index contributed by atoms with van der Waals surface area (Å²) in [5.41, 5.74) is 0.405. The molecule has 0 aromatic heterocycles. The van der Waals surface area contributed by atoms with Crippen molar-refractivity contribution in [2.75, 3.05) is 13.6 Å². The van der Waals surface area contributed by atoms with E-state index >= 15 is 0 Å². The number of hydrogen-bond donors (Lipinski definition) is 2. The second-order valence-corrected chi connectivity index (χ2v) is 5.59. The molecular weight excluding hydrogens is 241 g/mol. The molecule has 0 aliphatic heterocycles. The second-order valence-electron chi connectivity index (χ2n) is 5.59.